The van der Waals surface area contributed by atoms with E-state index in [0.717, 1.165) is 16.6 Å². The van der Waals surface area contributed by atoms with Gasteiger partial charge in [-0.3, -0.25) is 0 Å². The molecule has 2 unspecified atom stereocenters. The van der Waals surface area contributed by atoms with Gasteiger partial charge >= 0.3 is 0 Å². The Kier molecular flexibility index (Phi) is 5.86. The molecule has 146 valence electrons. The molecule has 2 atom stereocenters. The number of oxime groups is 1. The molecular weight excluding hydrogens is 412 g/mol. The minimum absolute atomic E-state index is 0.237. The summed E-state index contributed by atoms with van der Waals surface area (Å²) in [6, 6.07) is 7.63. The molecule has 0 bridgehead atoms. The first-order valence-corrected chi connectivity index (χ1v) is 9.79. The van der Waals surface area contributed by atoms with Crippen molar-refractivity contribution < 1.29 is 14.7 Å². The summed E-state index contributed by atoms with van der Waals surface area (Å²) in [5.74, 6) is 0.766. The van der Waals surface area contributed by atoms with Gasteiger partial charge in [0.2, 0.25) is 0 Å². The van der Waals surface area contributed by atoms with Crippen LogP contribution in [0, 0.1) is 5.41 Å². The van der Waals surface area contributed by atoms with Crippen LogP contribution >= 0.6 is 15.9 Å². The number of halogens is 1. The number of nitrogens with zero attached hydrogens (tertiary/aromatic N) is 4. The summed E-state index contributed by atoms with van der Waals surface area (Å²) in [6.45, 7) is 6.74. The van der Waals surface area contributed by atoms with Gasteiger partial charge in [0.1, 0.15) is 30.6 Å². The minimum atomic E-state index is -1.19. The first kappa shape index (κ1) is 19.8. The van der Waals surface area contributed by atoms with Crippen molar-refractivity contribution in [3.05, 3.63) is 41.4 Å². The molecule has 0 saturated carbocycles. The lowest BCUT2D eigenvalue weighted by Crippen LogP contribution is -2.54. The number of hydrogen-bond acceptors (Lipinski definition) is 6. The Morgan fingerprint density at radius 3 is 2.70 bits per heavy atom. The highest BCUT2D eigenvalue weighted by molar-refractivity contribution is 9.10. The summed E-state index contributed by atoms with van der Waals surface area (Å²) in [6.07, 6.45) is 4.10. The van der Waals surface area contributed by atoms with Gasteiger partial charge in [-0.15, -0.1) is 0 Å². The first-order valence-electron chi connectivity index (χ1n) is 9.00. The third kappa shape index (κ3) is 4.32. The van der Waals surface area contributed by atoms with Crippen LogP contribution in [0.1, 0.15) is 33.6 Å². The second kappa shape index (κ2) is 7.98. The molecule has 1 aromatic carbocycles. The molecule has 2 heterocycles. The third-order valence-corrected chi connectivity index (χ3v) is 5.85. The lowest BCUT2D eigenvalue weighted by atomic mass is 9.69. The van der Waals surface area contributed by atoms with E-state index in [1.165, 1.54) is 6.33 Å². The Labute approximate surface area is 167 Å². The van der Waals surface area contributed by atoms with Crippen LogP contribution in [0.5, 0.6) is 5.75 Å². The highest BCUT2D eigenvalue weighted by Gasteiger charge is 2.49. The van der Waals surface area contributed by atoms with Gasteiger partial charge < -0.3 is 14.7 Å². The normalized spacial score (nSPS) is 19.3. The molecule has 3 rings (SSSR count). The Hall–Kier alpha value is -1.93. The van der Waals surface area contributed by atoms with Crippen molar-refractivity contribution in [3.8, 4) is 5.75 Å². The maximum Gasteiger partial charge on any atom is 0.166 e. The van der Waals surface area contributed by atoms with Gasteiger partial charge in [-0.05, 0) is 30.7 Å². The minimum Gasteiger partial charge on any atom is -0.490 e. The van der Waals surface area contributed by atoms with E-state index in [1.807, 2.05) is 38.1 Å². The summed E-state index contributed by atoms with van der Waals surface area (Å²) in [7, 11) is 0. The molecule has 1 aliphatic heterocycles. The van der Waals surface area contributed by atoms with Crippen molar-refractivity contribution in [2.24, 2.45) is 10.6 Å². The zero-order chi connectivity index (χ0) is 19.5. The third-order valence-electron chi connectivity index (χ3n) is 5.32. The molecule has 0 spiro atoms. The number of rotatable bonds is 8. The zero-order valence-corrected chi connectivity index (χ0v) is 17.4. The molecule has 0 radical (unpaired) electrons. The fourth-order valence-electron chi connectivity index (χ4n) is 3.02. The Morgan fingerprint density at radius 2 is 2.07 bits per heavy atom. The molecule has 1 aromatic heterocycles. The molecule has 1 aliphatic rings. The smallest absolute Gasteiger partial charge is 0.166 e. The summed E-state index contributed by atoms with van der Waals surface area (Å²) in [4.78, 5) is 9.54. The zero-order valence-electron chi connectivity index (χ0n) is 15.8. The Bertz CT molecular complexity index is 777. The van der Waals surface area contributed by atoms with E-state index in [9.17, 15) is 5.11 Å². The standard InChI is InChI=1S/C19H25BrN4O3/c1-4-18(2,3)19(25,11-24-13-21-12-22-24)17-9-16(27-23-17)10-26-15-7-5-14(20)6-8-15/h5-8,12-13,16,25H,4,9-11H2,1-3H3. The van der Waals surface area contributed by atoms with Crippen molar-refractivity contribution in [1.82, 2.24) is 14.8 Å². The average Bonchev–Trinajstić information content (AvgIpc) is 3.33. The van der Waals surface area contributed by atoms with Crippen LogP contribution in [-0.2, 0) is 11.4 Å². The predicted molar refractivity (Wildman–Crippen MR) is 106 cm³/mol. The Morgan fingerprint density at radius 1 is 1.33 bits per heavy atom. The fraction of sp³-hybridized carbons (Fsp3) is 0.526. The molecule has 1 N–H and O–H groups in total. The summed E-state index contributed by atoms with van der Waals surface area (Å²) < 4.78 is 8.42. The van der Waals surface area contributed by atoms with Gasteiger partial charge in [-0.1, -0.05) is 41.9 Å². The second-order valence-electron chi connectivity index (χ2n) is 7.43. The molecule has 27 heavy (non-hydrogen) atoms. The van der Waals surface area contributed by atoms with Crippen LogP contribution < -0.4 is 4.74 Å². The van der Waals surface area contributed by atoms with Crippen molar-refractivity contribution >= 4 is 21.6 Å². The van der Waals surface area contributed by atoms with E-state index >= 15 is 0 Å². The number of ether oxygens (including phenoxy) is 1. The molecule has 7 nitrogen and oxygen atoms in total. The van der Waals surface area contributed by atoms with Gasteiger partial charge in [0.25, 0.3) is 0 Å². The topological polar surface area (TPSA) is 81.8 Å². The number of hydrogen-bond donors (Lipinski definition) is 1. The van der Waals surface area contributed by atoms with E-state index in [2.05, 4.69) is 38.1 Å². The molecule has 0 amide bonds. The molecule has 0 fully saturated rings. The first-order chi connectivity index (χ1) is 12.8. The average molecular weight is 437 g/mol. The lowest BCUT2D eigenvalue weighted by Gasteiger charge is -2.41. The quantitative estimate of drug-likeness (QED) is 0.685. The van der Waals surface area contributed by atoms with E-state index in [-0.39, 0.29) is 12.6 Å². The van der Waals surface area contributed by atoms with E-state index in [0.29, 0.717) is 18.7 Å². The van der Waals surface area contributed by atoms with Crippen LogP contribution in [0.3, 0.4) is 0 Å². The number of aliphatic hydroxyl groups is 1. The molecule has 0 aliphatic carbocycles. The summed E-state index contributed by atoms with van der Waals surface area (Å²) in [5.41, 5.74) is -0.987. The summed E-state index contributed by atoms with van der Waals surface area (Å²) in [5, 5.41) is 20.0. The monoisotopic (exact) mass is 436 g/mol. The number of aromatic nitrogens is 3. The van der Waals surface area contributed by atoms with Crippen molar-refractivity contribution in [2.45, 2.75) is 51.9 Å². The molecule has 0 saturated heterocycles. The van der Waals surface area contributed by atoms with E-state index in [4.69, 9.17) is 9.57 Å². The predicted octanol–water partition coefficient (Wildman–Crippen LogP) is 3.43. The van der Waals surface area contributed by atoms with Crippen LogP contribution in [-0.4, -0.2) is 43.9 Å². The summed E-state index contributed by atoms with van der Waals surface area (Å²) >= 11 is 3.40. The van der Waals surface area contributed by atoms with Gasteiger partial charge in [-0.25, -0.2) is 9.67 Å². The lowest BCUT2D eigenvalue weighted by molar-refractivity contribution is -0.0261. The molecule has 8 heteroatoms. The highest BCUT2D eigenvalue weighted by Crippen LogP contribution is 2.39. The largest absolute Gasteiger partial charge is 0.490 e. The van der Waals surface area contributed by atoms with Gasteiger partial charge in [0.15, 0.2) is 6.10 Å². The van der Waals surface area contributed by atoms with Crippen LogP contribution in [0.25, 0.3) is 0 Å². The van der Waals surface area contributed by atoms with Crippen molar-refractivity contribution in [3.63, 3.8) is 0 Å². The molecule has 2 aromatic rings. The SMILES string of the molecule is CCC(C)(C)C(O)(Cn1cncn1)C1=NOC(COc2ccc(Br)cc2)C1. The van der Waals surface area contributed by atoms with Crippen molar-refractivity contribution in [1.29, 1.82) is 0 Å². The van der Waals surface area contributed by atoms with Crippen LogP contribution in [0.15, 0.2) is 46.5 Å². The second-order valence-corrected chi connectivity index (χ2v) is 8.34. The van der Waals surface area contributed by atoms with Gasteiger partial charge in [0.05, 0.1) is 12.3 Å². The van der Waals surface area contributed by atoms with Crippen molar-refractivity contribution in [2.75, 3.05) is 6.61 Å². The number of benzene rings is 1. The van der Waals surface area contributed by atoms with Crippen LogP contribution in [0.2, 0.25) is 0 Å². The maximum atomic E-state index is 11.6. The van der Waals surface area contributed by atoms with E-state index < -0.39 is 11.0 Å². The van der Waals surface area contributed by atoms with Gasteiger partial charge in [0, 0.05) is 16.3 Å². The maximum absolute atomic E-state index is 11.6. The van der Waals surface area contributed by atoms with E-state index in [1.54, 1.807) is 11.0 Å². The molecular formula is C19H25BrN4O3. The Balaban J connectivity index is 1.68. The van der Waals surface area contributed by atoms with Gasteiger partial charge in [-0.2, -0.15) is 5.10 Å². The van der Waals surface area contributed by atoms with Crippen LogP contribution in [0.4, 0.5) is 0 Å². The highest BCUT2D eigenvalue weighted by atomic mass is 79.9. The fourth-order valence-corrected chi connectivity index (χ4v) is 3.28.